The SMILES string of the molecule is CCC(Br)CNC(=O)c1cc(Cl)ccc1[N+](=O)[O-]. The minimum absolute atomic E-state index is 0.0247. The summed E-state index contributed by atoms with van der Waals surface area (Å²) in [6.45, 7) is 2.37. The fraction of sp³-hybridized carbons (Fsp3) is 0.364. The number of hydrogen-bond acceptors (Lipinski definition) is 3. The van der Waals surface area contributed by atoms with Gasteiger partial charge in [0.1, 0.15) is 5.56 Å². The van der Waals surface area contributed by atoms with Crippen LogP contribution < -0.4 is 5.32 Å². The first-order valence-electron chi connectivity index (χ1n) is 5.32. The highest BCUT2D eigenvalue weighted by Gasteiger charge is 2.20. The van der Waals surface area contributed by atoms with Crippen LogP contribution in [0.1, 0.15) is 23.7 Å². The first-order chi connectivity index (χ1) is 8.45. The first-order valence-corrected chi connectivity index (χ1v) is 6.61. The van der Waals surface area contributed by atoms with Gasteiger partial charge in [-0.05, 0) is 18.6 Å². The summed E-state index contributed by atoms with van der Waals surface area (Å²) in [6.07, 6.45) is 0.845. The van der Waals surface area contributed by atoms with Gasteiger partial charge in [-0.15, -0.1) is 0 Å². The van der Waals surface area contributed by atoms with Gasteiger partial charge in [-0.25, -0.2) is 0 Å². The summed E-state index contributed by atoms with van der Waals surface area (Å²) in [5.74, 6) is -0.498. The molecule has 0 aliphatic rings. The third kappa shape index (κ3) is 3.96. The van der Waals surface area contributed by atoms with E-state index in [1.165, 1.54) is 18.2 Å². The zero-order chi connectivity index (χ0) is 13.7. The van der Waals surface area contributed by atoms with E-state index in [4.69, 9.17) is 11.6 Å². The van der Waals surface area contributed by atoms with E-state index in [0.717, 1.165) is 6.42 Å². The number of nitro groups is 1. The molecule has 1 aromatic carbocycles. The predicted octanol–water partition coefficient (Wildman–Crippen LogP) is 3.15. The van der Waals surface area contributed by atoms with Crippen LogP contribution in [0.3, 0.4) is 0 Å². The Morgan fingerprint density at radius 3 is 2.83 bits per heavy atom. The van der Waals surface area contributed by atoms with Gasteiger partial charge in [-0.2, -0.15) is 0 Å². The molecule has 0 saturated carbocycles. The molecule has 0 aliphatic carbocycles. The van der Waals surface area contributed by atoms with E-state index >= 15 is 0 Å². The fourth-order valence-corrected chi connectivity index (χ4v) is 1.63. The van der Waals surface area contributed by atoms with Gasteiger partial charge in [0.15, 0.2) is 0 Å². The number of alkyl halides is 1. The smallest absolute Gasteiger partial charge is 0.282 e. The molecule has 0 fully saturated rings. The van der Waals surface area contributed by atoms with E-state index in [1.807, 2.05) is 6.92 Å². The maximum absolute atomic E-state index is 11.8. The number of carbonyl (C=O) groups excluding carboxylic acids is 1. The van der Waals surface area contributed by atoms with E-state index in [1.54, 1.807) is 0 Å². The van der Waals surface area contributed by atoms with Gasteiger partial charge in [0, 0.05) is 22.5 Å². The van der Waals surface area contributed by atoms with Crippen LogP contribution in [0.2, 0.25) is 5.02 Å². The number of carbonyl (C=O) groups is 1. The van der Waals surface area contributed by atoms with Crippen molar-refractivity contribution in [3.8, 4) is 0 Å². The lowest BCUT2D eigenvalue weighted by molar-refractivity contribution is -0.385. The maximum Gasteiger partial charge on any atom is 0.282 e. The molecule has 1 N–H and O–H groups in total. The van der Waals surface area contributed by atoms with Crippen molar-refractivity contribution >= 4 is 39.1 Å². The Morgan fingerprint density at radius 1 is 1.61 bits per heavy atom. The second-order valence-electron chi connectivity index (χ2n) is 3.63. The first kappa shape index (κ1) is 14.9. The van der Waals surface area contributed by atoms with Gasteiger partial charge in [-0.3, -0.25) is 14.9 Å². The zero-order valence-electron chi connectivity index (χ0n) is 9.65. The molecule has 1 rings (SSSR count). The molecule has 0 bridgehead atoms. The van der Waals surface area contributed by atoms with Crippen molar-refractivity contribution in [3.05, 3.63) is 38.9 Å². The summed E-state index contributed by atoms with van der Waals surface area (Å²) in [6, 6.07) is 3.91. The molecule has 1 aromatic rings. The van der Waals surface area contributed by atoms with Crippen molar-refractivity contribution in [3.63, 3.8) is 0 Å². The summed E-state index contributed by atoms with van der Waals surface area (Å²) in [7, 11) is 0. The van der Waals surface area contributed by atoms with Crippen molar-refractivity contribution in [2.24, 2.45) is 0 Å². The van der Waals surface area contributed by atoms with Crippen molar-refractivity contribution < 1.29 is 9.72 Å². The minimum atomic E-state index is -0.601. The number of nitrogens with zero attached hydrogens (tertiary/aromatic N) is 1. The van der Waals surface area contributed by atoms with Gasteiger partial charge >= 0.3 is 0 Å². The molecule has 0 aliphatic heterocycles. The Kier molecular flexibility index (Phi) is 5.55. The topological polar surface area (TPSA) is 72.2 Å². The molecule has 0 aromatic heterocycles. The lowest BCUT2D eigenvalue weighted by Crippen LogP contribution is -2.29. The molecule has 18 heavy (non-hydrogen) atoms. The second kappa shape index (κ2) is 6.70. The Morgan fingerprint density at radius 2 is 2.28 bits per heavy atom. The quantitative estimate of drug-likeness (QED) is 0.510. The number of amides is 1. The monoisotopic (exact) mass is 334 g/mol. The summed E-state index contributed by atoms with van der Waals surface area (Å²) in [5, 5.41) is 13.7. The Bertz CT molecular complexity index is 468. The van der Waals surface area contributed by atoms with E-state index in [9.17, 15) is 14.9 Å². The summed E-state index contributed by atoms with van der Waals surface area (Å²) in [5.41, 5.74) is -0.275. The molecule has 1 amide bonds. The Balaban J connectivity index is 2.90. The van der Waals surface area contributed by atoms with E-state index in [-0.39, 0.29) is 21.1 Å². The number of halogens is 2. The van der Waals surface area contributed by atoms with Crippen LogP contribution >= 0.6 is 27.5 Å². The Labute approximate surface area is 118 Å². The van der Waals surface area contributed by atoms with E-state index < -0.39 is 10.8 Å². The maximum atomic E-state index is 11.8. The Hall–Kier alpha value is -1.14. The predicted molar refractivity (Wildman–Crippen MR) is 73.4 cm³/mol. The molecule has 1 unspecified atom stereocenters. The fourth-order valence-electron chi connectivity index (χ4n) is 1.29. The second-order valence-corrected chi connectivity index (χ2v) is 5.37. The van der Waals surface area contributed by atoms with Crippen LogP contribution in [-0.4, -0.2) is 22.2 Å². The molecular weight excluding hydrogens is 323 g/mol. The van der Waals surface area contributed by atoms with Crippen LogP contribution in [0.15, 0.2) is 18.2 Å². The highest BCUT2D eigenvalue weighted by atomic mass is 79.9. The largest absolute Gasteiger partial charge is 0.351 e. The van der Waals surface area contributed by atoms with Crippen molar-refractivity contribution in [1.29, 1.82) is 0 Å². The van der Waals surface area contributed by atoms with Gasteiger partial charge < -0.3 is 5.32 Å². The molecular formula is C11H12BrClN2O3. The van der Waals surface area contributed by atoms with E-state index in [2.05, 4.69) is 21.2 Å². The lowest BCUT2D eigenvalue weighted by Gasteiger charge is -2.09. The number of nitrogens with one attached hydrogen (secondary N) is 1. The van der Waals surface area contributed by atoms with Gasteiger partial charge in [0.25, 0.3) is 11.6 Å². The third-order valence-electron chi connectivity index (χ3n) is 2.33. The van der Waals surface area contributed by atoms with Gasteiger partial charge in [0.2, 0.25) is 0 Å². The number of nitro benzene ring substituents is 1. The van der Waals surface area contributed by atoms with Crippen LogP contribution in [0.4, 0.5) is 5.69 Å². The molecule has 7 heteroatoms. The van der Waals surface area contributed by atoms with Crippen molar-refractivity contribution in [2.75, 3.05) is 6.54 Å². The standard InChI is InChI=1S/C11H12BrClN2O3/c1-2-7(12)6-14-11(16)9-5-8(13)3-4-10(9)15(17)18/h3-5,7H,2,6H2,1H3,(H,14,16). The lowest BCUT2D eigenvalue weighted by atomic mass is 10.1. The molecule has 5 nitrogen and oxygen atoms in total. The minimum Gasteiger partial charge on any atom is -0.351 e. The van der Waals surface area contributed by atoms with Crippen LogP contribution in [-0.2, 0) is 0 Å². The van der Waals surface area contributed by atoms with E-state index in [0.29, 0.717) is 6.54 Å². The molecule has 0 heterocycles. The summed E-state index contributed by atoms with van der Waals surface area (Å²) >= 11 is 9.11. The normalized spacial score (nSPS) is 11.9. The zero-order valence-corrected chi connectivity index (χ0v) is 12.0. The van der Waals surface area contributed by atoms with Gasteiger partial charge in [-0.1, -0.05) is 34.5 Å². The van der Waals surface area contributed by atoms with Crippen LogP contribution in [0.5, 0.6) is 0 Å². The van der Waals surface area contributed by atoms with Gasteiger partial charge in [0.05, 0.1) is 4.92 Å². The number of rotatable bonds is 5. The highest BCUT2D eigenvalue weighted by molar-refractivity contribution is 9.09. The average molecular weight is 336 g/mol. The number of hydrogen-bond donors (Lipinski definition) is 1. The molecule has 0 spiro atoms. The van der Waals surface area contributed by atoms with Crippen LogP contribution in [0, 0.1) is 10.1 Å². The summed E-state index contributed by atoms with van der Waals surface area (Å²) in [4.78, 5) is 22.2. The van der Waals surface area contributed by atoms with Crippen molar-refractivity contribution in [1.82, 2.24) is 5.32 Å². The molecule has 0 saturated heterocycles. The molecule has 1 atom stereocenters. The summed E-state index contributed by atoms with van der Waals surface area (Å²) < 4.78 is 0. The highest BCUT2D eigenvalue weighted by Crippen LogP contribution is 2.22. The average Bonchev–Trinajstić information content (AvgIpc) is 2.34. The van der Waals surface area contributed by atoms with Crippen molar-refractivity contribution in [2.45, 2.75) is 18.2 Å². The molecule has 98 valence electrons. The molecule has 0 radical (unpaired) electrons. The van der Waals surface area contributed by atoms with Crippen LogP contribution in [0.25, 0.3) is 0 Å². The third-order valence-corrected chi connectivity index (χ3v) is 3.53. The number of benzene rings is 1.